The van der Waals surface area contributed by atoms with Crippen molar-refractivity contribution < 1.29 is 8.78 Å². The highest BCUT2D eigenvalue weighted by atomic mass is 19.1. The van der Waals surface area contributed by atoms with Crippen LogP contribution in [0.4, 0.5) is 26.4 Å². The van der Waals surface area contributed by atoms with Gasteiger partial charge in [-0.3, -0.25) is 4.98 Å². The molecule has 1 aliphatic carbocycles. The molecular formula is C18H16F2N6. The van der Waals surface area contributed by atoms with Gasteiger partial charge in [-0.1, -0.05) is 12.1 Å². The van der Waals surface area contributed by atoms with Gasteiger partial charge < -0.3 is 10.6 Å². The van der Waals surface area contributed by atoms with E-state index in [1.807, 2.05) is 0 Å². The molecule has 1 saturated carbocycles. The Labute approximate surface area is 148 Å². The first kappa shape index (κ1) is 16.3. The first-order valence-corrected chi connectivity index (χ1v) is 8.32. The molecule has 0 saturated heterocycles. The number of hydrogen-bond donors (Lipinski definition) is 2. The summed E-state index contributed by atoms with van der Waals surface area (Å²) in [5.41, 5.74) is 0.664. The maximum atomic E-state index is 14.2. The molecule has 8 heteroatoms. The Morgan fingerprint density at radius 2 is 1.77 bits per heavy atom. The van der Waals surface area contributed by atoms with Gasteiger partial charge >= 0.3 is 0 Å². The number of rotatable bonds is 5. The summed E-state index contributed by atoms with van der Waals surface area (Å²) in [6, 6.07) is 7.84. The zero-order valence-corrected chi connectivity index (χ0v) is 13.8. The van der Waals surface area contributed by atoms with E-state index in [-0.39, 0.29) is 17.3 Å². The summed E-state index contributed by atoms with van der Waals surface area (Å²) < 4.78 is 27.5. The Morgan fingerprint density at radius 3 is 2.50 bits per heavy atom. The third-order valence-corrected chi connectivity index (χ3v) is 4.15. The lowest BCUT2D eigenvalue weighted by molar-refractivity contribution is 0.443. The van der Waals surface area contributed by atoms with E-state index < -0.39 is 11.6 Å². The Hall–Kier alpha value is -3.16. The lowest BCUT2D eigenvalue weighted by Crippen LogP contribution is -2.28. The van der Waals surface area contributed by atoms with Gasteiger partial charge in [0.2, 0.25) is 11.9 Å². The van der Waals surface area contributed by atoms with Gasteiger partial charge in [0.1, 0.15) is 11.6 Å². The van der Waals surface area contributed by atoms with Gasteiger partial charge in [0.25, 0.3) is 0 Å². The number of anilines is 3. The van der Waals surface area contributed by atoms with Gasteiger partial charge in [0.05, 0.1) is 23.6 Å². The van der Waals surface area contributed by atoms with E-state index in [1.165, 1.54) is 18.3 Å². The van der Waals surface area contributed by atoms with Crippen LogP contribution in [0.15, 0.2) is 42.7 Å². The monoisotopic (exact) mass is 354 g/mol. The van der Waals surface area contributed by atoms with Crippen LogP contribution < -0.4 is 10.6 Å². The fraction of sp³-hybridized carbons (Fsp3) is 0.222. The van der Waals surface area contributed by atoms with E-state index in [4.69, 9.17) is 0 Å². The summed E-state index contributed by atoms with van der Waals surface area (Å²) >= 11 is 0. The molecule has 2 N–H and O–H groups in total. The highest BCUT2D eigenvalue weighted by Gasteiger charge is 2.20. The molecule has 132 valence electrons. The van der Waals surface area contributed by atoms with Gasteiger partial charge in [-0.2, -0.15) is 15.0 Å². The van der Waals surface area contributed by atoms with Gasteiger partial charge in [-0.25, -0.2) is 8.78 Å². The third kappa shape index (κ3) is 3.58. The summed E-state index contributed by atoms with van der Waals surface area (Å²) in [6.45, 7) is 0. The molecule has 2 heterocycles. The van der Waals surface area contributed by atoms with Crippen LogP contribution in [0.3, 0.4) is 0 Å². The minimum absolute atomic E-state index is 0.187. The number of benzene rings is 1. The average molecular weight is 354 g/mol. The molecular weight excluding hydrogens is 338 g/mol. The molecule has 3 aromatic rings. The highest BCUT2D eigenvalue weighted by Crippen LogP contribution is 2.25. The standard InChI is InChI=1S/C18H16F2N6/c19-11-8-13(10-21-9-11)23-18-25-16(14-6-1-2-7-15(14)20)24-17(26-18)22-12-4-3-5-12/h1-2,6-10,12H,3-5H2,(H2,22,23,24,25,26). The van der Waals surface area contributed by atoms with Crippen molar-refractivity contribution in [2.24, 2.45) is 0 Å². The SMILES string of the molecule is Fc1cncc(Nc2nc(NC3CCC3)nc(-c3ccccc3F)n2)c1. The van der Waals surface area contributed by atoms with Crippen molar-refractivity contribution in [3.8, 4) is 11.4 Å². The van der Waals surface area contributed by atoms with E-state index in [2.05, 4.69) is 30.6 Å². The van der Waals surface area contributed by atoms with Gasteiger partial charge in [-0.15, -0.1) is 0 Å². The second-order valence-electron chi connectivity index (χ2n) is 6.08. The summed E-state index contributed by atoms with van der Waals surface area (Å²) in [5.74, 6) is -0.160. The second-order valence-corrected chi connectivity index (χ2v) is 6.08. The van der Waals surface area contributed by atoms with Crippen molar-refractivity contribution in [2.45, 2.75) is 25.3 Å². The fourth-order valence-corrected chi connectivity index (χ4v) is 2.60. The van der Waals surface area contributed by atoms with Crippen LogP contribution in [0.5, 0.6) is 0 Å². The summed E-state index contributed by atoms with van der Waals surface area (Å²) in [4.78, 5) is 16.7. The zero-order chi connectivity index (χ0) is 17.9. The maximum absolute atomic E-state index is 14.2. The van der Waals surface area contributed by atoms with Crippen molar-refractivity contribution in [1.29, 1.82) is 0 Å². The van der Waals surface area contributed by atoms with Crippen LogP contribution in [-0.4, -0.2) is 26.0 Å². The van der Waals surface area contributed by atoms with Crippen LogP contribution in [0.25, 0.3) is 11.4 Å². The second kappa shape index (κ2) is 6.99. The van der Waals surface area contributed by atoms with E-state index in [0.717, 1.165) is 25.5 Å². The topological polar surface area (TPSA) is 75.6 Å². The van der Waals surface area contributed by atoms with Crippen molar-refractivity contribution in [1.82, 2.24) is 19.9 Å². The molecule has 0 unspecified atom stereocenters. The number of nitrogens with zero attached hydrogens (tertiary/aromatic N) is 4. The molecule has 6 nitrogen and oxygen atoms in total. The lowest BCUT2D eigenvalue weighted by Gasteiger charge is -2.26. The van der Waals surface area contributed by atoms with Crippen LogP contribution in [0.1, 0.15) is 19.3 Å². The number of pyridine rings is 1. The maximum Gasteiger partial charge on any atom is 0.232 e. The van der Waals surface area contributed by atoms with E-state index in [9.17, 15) is 8.78 Å². The lowest BCUT2D eigenvalue weighted by atomic mass is 9.93. The van der Waals surface area contributed by atoms with Crippen molar-refractivity contribution in [2.75, 3.05) is 10.6 Å². The molecule has 0 aliphatic heterocycles. The molecule has 2 aromatic heterocycles. The van der Waals surface area contributed by atoms with Gasteiger partial charge in [-0.05, 0) is 31.4 Å². The molecule has 0 spiro atoms. The minimum atomic E-state index is -0.480. The predicted octanol–water partition coefficient (Wildman–Crippen LogP) is 3.92. The number of halogens is 2. The summed E-state index contributed by atoms with van der Waals surface area (Å²) in [5, 5.41) is 6.13. The van der Waals surface area contributed by atoms with Crippen LogP contribution >= 0.6 is 0 Å². The quantitative estimate of drug-likeness (QED) is 0.723. The van der Waals surface area contributed by atoms with E-state index >= 15 is 0 Å². The Morgan fingerprint density at radius 1 is 0.962 bits per heavy atom. The Bertz CT molecular complexity index is 929. The molecule has 1 aliphatic rings. The first-order valence-electron chi connectivity index (χ1n) is 8.32. The molecule has 26 heavy (non-hydrogen) atoms. The number of nitrogens with one attached hydrogen (secondary N) is 2. The number of hydrogen-bond acceptors (Lipinski definition) is 6. The van der Waals surface area contributed by atoms with Crippen LogP contribution in [0.2, 0.25) is 0 Å². The van der Waals surface area contributed by atoms with Gasteiger partial charge in [0, 0.05) is 12.1 Å². The van der Waals surface area contributed by atoms with E-state index in [0.29, 0.717) is 17.7 Å². The van der Waals surface area contributed by atoms with Gasteiger partial charge in [0.15, 0.2) is 5.82 Å². The molecule has 4 rings (SSSR count). The summed E-state index contributed by atoms with van der Waals surface area (Å²) in [7, 11) is 0. The average Bonchev–Trinajstić information content (AvgIpc) is 2.58. The Kier molecular flexibility index (Phi) is 4.39. The molecule has 0 atom stereocenters. The minimum Gasteiger partial charge on any atom is -0.351 e. The normalized spacial score (nSPS) is 13.9. The molecule has 1 fully saturated rings. The van der Waals surface area contributed by atoms with Crippen LogP contribution in [-0.2, 0) is 0 Å². The van der Waals surface area contributed by atoms with Crippen molar-refractivity contribution in [3.05, 3.63) is 54.4 Å². The summed E-state index contributed by atoms with van der Waals surface area (Å²) in [6.07, 6.45) is 5.79. The highest BCUT2D eigenvalue weighted by molar-refractivity contribution is 5.61. The van der Waals surface area contributed by atoms with Crippen molar-refractivity contribution >= 4 is 17.6 Å². The Balaban J connectivity index is 1.71. The first-order chi connectivity index (χ1) is 12.7. The third-order valence-electron chi connectivity index (χ3n) is 4.15. The largest absolute Gasteiger partial charge is 0.351 e. The smallest absolute Gasteiger partial charge is 0.232 e. The zero-order valence-electron chi connectivity index (χ0n) is 13.8. The predicted molar refractivity (Wildman–Crippen MR) is 94.0 cm³/mol. The molecule has 1 aromatic carbocycles. The van der Waals surface area contributed by atoms with E-state index in [1.54, 1.807) is 18.2 Å². The molecule has 0 bridgehead atoms. The number of aromatic nitrogens is 4. The van der Waals surface area contributed by atoms with Crippen LogP contribution in [0, 0.1) is 11.6 Å². The fourth-order valence-electron chi connectivity index (χ4n) is 2.60. The van der Waals surface area contributed by atoms with Crippen molar-refractivity contribution in [3.63, 3.8) is 0 Å². The molecule has 0 radical (unpaired) electrons. The molecule has 0 amide bonds.